The molecule has 0 aliphatic heterocycles. The third-order valence-electron chi connectivity index (χ3n) is 2.56. The van der Waals surface area contributed by atoms with Crippen LogP contribution in [0.2, 0.25) is 13.1 Å². The first-order chi connectivity index (χ1) is 7.43. The highest BCUT2D eigenvalue weighted by Crippen LogP contribution is 2.28. The van der Waals surface area contributed by atoms with Crippen LogP contribution in [0.1, 0.15) is 12.5 Å². The molecule has 0 amide bonds. The van der Waals surface area contributed by atoms with Gasteiger partial charge in [-0.15, -0.1) is 13.0 Å². The van der Waals surface area contributed by atoms with E-state index in [1.54, 1.807) is 0 Å². The Morgan fingerprint density at radius 2 is 1.94 bits per heavy atom. The average Bonchev–Trinajstić information content (AvgIpc) is 2.29. The molecule has 0 bridgehead atoms. The van der Waals surface area contributed by atoms with Gasteiger partial charge in [0.1, 0.15) is 5.60 Å². The predicted molar refractivity (Wildman–Crippen MR) is 71.4 cm³/mol. The monoisotopic (exact) mass is 230 g/mol. The van der Waals surface area contributed by atoms with Crippen LogP contribution in [0.5, 0.6) is 0 Å². The van der Waals surface area contributed by atoms with E-state index in [0.717, 1.165) is 5.56 Å². The van der Waals surface area contributed by atoms with Crippen molar-refractivity contribution >= 4 is 8.32 Å². The minimum absolute atomic E-state index is 0.662. The summed E-state index contributed by atoms with van der Waals surface area (Å²) in [6.45, 7) is 9.91. The highest BCUT2D eigenvalue weighted by atomic mass is 28.4. The van der Waals surface area contributed by atoms with Gasteiger partial charge in [0.15, 0.2) is 0 Å². The molecule has 0 saturated heterocycles. The first kappa shape index (κ1) is 12.8. The average molecular weight is 230 g/mol. The third kappa shape index (κ3) is 2.85. The van der Waals surface area contributed by atoms with E-state index >= 15 is 0 Å². The Balaban J connectivity index is 3.06. The lowest BCUT2D eigenvalue weighted by atomic mass is 9.97. The fourth-order valence-corrected chi connectivity index (χ4v) is 2.81. The van der Waals surface area contributed by atoms with E-state index in [1.807, 2.05) is 43.0 Å². The van der Waals surface area contributed by atoms with Crippen molar-refractivity contribution in [2.75, 3.05) is 0 Å². The smallest absolute Gasteiger partial charge is 0.213 e. The zero-order valence-corrected chi connectivity index (χ0v) is 11.2. The van der Waals surface area contributed by atoms with Gasteiger partial charge in [-0.25, -0.2) is 0 Å². The summed E-state index contributed by atoms with van der Waals surface area (Å²) in [7, 11) is -1.90. The molecule has 0 N–H and O–H groups in total. The summed E-state index contributed by atoms with van der Waals surface area (Å²) < 4.78 is 6.09. The zero-order chi connectivity index (χ0) is 12.2. The number of rotatable bonds is 4. The molecule has 0 aromatic heterocycles. The highest BCUT2D eigenvalue weighted by Gasteiger charge is 2.32. The van der Waals surface area contributed by atoms with Gasteiger partial charge >= 0.3 is 0 Å². The normalized spacial score (nSPS) is 14.9. The summed E-state index contributed by atoms with van der Waals surface area (Å²) in [6.07, 6.45) is 5.61. The molecule has 0 saturated carbocycles. The van der Waals surface area contributed by atoms with E-state index in [9.17, 15) is 0 Å². The molecule has 1 rings (SSSR count). The van der Waals surface area contributed by atoms with Gasteiger partial charge in [0.25, 0.3) is 0 Å². The summed E-state index contributed by atoms with van der Waals surface area (Å²) >= 11 is 0. The van der Waals surface area contributed by atoms with Crippen molar-refractivity contribution in [3.05, 3.63) is 48.2 Å². The number of benzene rings is 1. The lowest BCUT2D eigenvalue weighted by molar-refractivity contribution is 0.146. The number of hydrogen-bond donors (Lipinski definition) is 0. The molecule has 2 heteroatoms. The summed E-state index contributed by atoms with van der Waals surface area (Å²) in [5, 5.41) is 0. The van der Waals surface area contributed by atoms with E-state index in [1.165, 1.54) is 0 Å². The van der Waals surface area contributed by atoms with Gasteiger partial charge in [0.2, 0.25) is 8.32 Å². The van der Waals surface area contributed by atoms with Gasteiger partial charge < -0.3 is 4.43 Å². The lowest BCUT2D eigenvalue weighted by Gasteiger charge is -2.32. The lowest BCUT2D eigenvalue weighted by Crippen LogP contribution is -2.38. The van der Waals surface area contributed by atoms with E-state index in [0.29, 0.717) is 0 Å². The van der Waals surface area contributed by atoms with Crippen LogP contribution in [-0.2, 0) is 10.0 Å². The quantitative estimate of drug-likeness (QED) is 0.568. The second kappa shape index (κ2) is 4.69. The molecule has 0 aliphatic rings. The summed E-state index contributed by atoms with van der Waals surface area (Å²) in [5.41, 5.74) is 2.25. The molecule has 1 unspecified atom stereocenters. The molecule has 0 spiro atoms. The Hall–Kier alpha value is -1.30. The van der Waals surface area contributed by atoms with Crippen LogP contribution in [0.15, 0.2) is 42.6 Å². The van der Waals surface area contributed by atoms with Crippen molar-refractivity contribution in [3.63, 3.8) is 0 Å². The Labute approximate surface area is 99.3 Å². The van der Waals surface area contributed by atoms with Gasteiger partial charge in [-0.2, -0.15) is 0 Å². The first-order valence-corrected chi connectivity index (χ1v) is 8.29. The summed E-state index contributed by atoms with van der Waals surface area (Å²) in [5.74, 6) is 2.75. The van der Waals surface area contributed by atoms with Gasteiger partial charge in [0, 0.05) is 0 Å². The molecule has 84 valence electrons. The summed E-state index contributed by atoms with van der Waals surface area (Å²) in [6, 6.07) is 9.89. The fourth-order valence-electron chi connectivity index (χ4n) is 1.50. The van der Waals surface area contributed by atoms with Gasteiger partial charge in [-0.1, -0.05) is 42.0 Å². The van der Waals surface area contributed by atoms with Crippen LogP contribution in [-0.4, -0.2) is 8.32 Å². The Kier molecular flexibility index (Phi) is 3.74. The second-order valence-electron chi connectivity index (χ2n) is 4.45. The summed E-state index contributed by atoms with van der Waals surface area (Å²) in [4.78, 5) is 0. The van der Waals surface area contributed by atoms with Crippen LogP contribution in [0.4, 0.5) is 0 Å². The van der Waals surface area contributed by atoms with Crippen LogP contribution in [0.25, 0.3) is 0 Å². The van der Waals surface area contributed by atoms with Crippen molar-refractivity contribution in [2.24, 2.45) is 0 Å². The van der Waals surface area contributed by atoms with Crippen molar-refractivity contribution in [1.82, 2.24) is 0 Å². The Morgan fingerprint density at radius 1 is 1.38 bits per heavy atom. The molecule has 0 aliphatic carbocycles. The molecule has 1 aromatic rings. The van der Waals surface area contributed by atoms with E-state index in [2.05, 4.69) is 25.6 Å². The van der Waals surface area contributed by atoms with Crippen LogP contribution in [0.3, 0.4) is 0 Å². The largest absolute Gasteiger partial charge is 0.394 e. The van der Waals surface area contributed by atoms with Crippen LogP contribution < -0.4 is 0 Å². The molecule has 0 radical (unpaired) electrons. The Bertz CT molecular complexity index is 402. The topological polar surface area (TPSA) is 9.23 Å². The Morgan fingerprint density at radius 3 is 2.38 bits per heavy atom. The maximum atomic E-state index is 6.09. The van der Waals surface area contributed by atoms with Crippen molar-refractivity contribution in [1.29, 1.82) is 0 Å². The predicted octanol–water partition coefficient (Wildman–Crippen LogP) is 3.48. The van der Waals surface area contributed by atoms with Gasteiger partial charge in [0.05, 0.1) is 0 Å². The minimum Gasteiger partial charge on any atom is -0.394 e. The third-order valence-corrected chi connectivity index (χ3v) is 4.48. The molecule has 1 nitrogen and oxygen atoms in total. The maximum absolute atomic E-state index is 6.09. The molecule has 1 aromatic carbocycles. The first-order valence-electron chi connectivity index (χ1n) is 5.30. The molecular formula is C14H18OSi. The molecule has 16 heavy (non-hydrogen) atoms. The van der Waals surface area contributed by atoms with Crippen LogP contribution >= 0.6 is 0 Å². The standard InChI is InChI=1S/C14H18OSi/c1-6-14(3,15-16(4,5)7-2)13-11-9-8-10-12-13/h1,7-12H,2H2,3-5H3. The molecule has 0 heterocycles. The SMILES string of the molecule is C#CC(C)(O[Si](C)(C)C=C)c1ccccc1. The van der Waals surface area contributed by atoms with Gasteiger partial charge in [-0.3, -0.25) is 0 Å². The van der Waals surface area contributed by atoms with E-state index in [-0.39, 0.29) is 0 Å². The zero-order valence-electron chi connectivity index (χ0n) is 10.2. The van der Waals surface area contributed by atoms with Crippen molar-refractivity contribution in [2.45, 2.75) is 25.6 Å². The minimum atomic E-state index is -1.90. The fraction of sp³-hybridized carbons (Fsp3) is 0.286. The van der Waals surface area contributed by atoms with Crippen LogP contribution in [0, 0.1) is 12.3 Å². The highest BCUT2D eigenvalue weighted by molar-refractivity contribution is 6.76. The van der Waals surface area contributed by atoms with Crippen molar-refractivity contribution < 1.29 is 4.43 Å². The van der Waals surface area contributed by atoms with E-state index < -0.39 is 13.9 Å². The van der Waals surface area contributed by atoms with Gasteiger partial charge in [-0.05, 0) is 25.6 Å². The van der Waals surface area contributed by atoms with Crippen molar-refractivity contribution in [3.8, 4) is 12.3 Å². The van der Waals surface area contributed by atoms with E-state index in [4.69, 9.17) is 10.8 Å². The molecule has 0 fully saturated rings. The molecule has 1 atom stereocenters. The molecular weight excluding hydrogens is 212 g/mol. The number of terminal acetylenes is 1. The maximum Gasteiger partial charge on any atom is 0.213 e. The number of hydrogen-bond acceptors (Lipinski definition) is 1. The second-order valence-corrected chi connectivity index (χ2v) is 8.27.